The first-order valence-electron chi connectivity index (χ1n) is 6.31. The van der Waals surface area contributed by atoms with Gasteiger partial charge in [-0.15, -0.1) is 0 Å². The predicted molar refractivity (Wildman–Crippen MR) is 68.9 cm³/mol. The molecule has 1 aliphatic rings. The second-order valence-corrected chi connectivity index (χ2v) is 6.81. The highest BCUT2D eigenvalue weighted by Crippen LogP contribution is 2.16. The second kappa shape index (κ2) is 7.06. The molecule has 0 aromatic carbocycles. The lowest BCUT2D eigenvalue weighted by atomic mass is 10.1. The summed E-state index contributed by atoms with van der Waals surface area (Å²) in [6, 6.07) is 0.0369. The summed E-state index contributed by atoms with van der Waals surface area (Å²) < 4.78 is 25.5. The maximum absolute atomic E-state index is 12.0. The largest absolute Gasteiger partial charge is 0.481 e. The van der Waals surface area contributed by atoms with E-state index in [2.05, 4.69) is 5.32 Å². The van der Waals surface area contributed by atoms with Crippen LogP contribution in [0, 0.1) is 0 Å². The molecule has 106 valence electrons. The van der Waals surface area contributed by atoms with Gasteiger partial charge in [0, 0.05) is 19.5 Å². The van der Waals surface area contributed by atoms with E-state index < -0.39 is 16.0 Å². The Balaban J connectivity index is 2.51. The van der Waals surface area contributed by atoms with Gasteiger partial charge in [0.1, 0.15) is 0 Å². The highest BCUT2D eigenvalue weighted by Gasteiger charge is 2.26. The van der Waals surface area contributed by atoms with E-state index in [-0.39, 0.29) is 24.6 Å². The summed E-state index contributed by atoms with van der Waals surface area (Å²) in [4.78, 5) is 10.4. The number of hydrogen-bond donors (Lipinski definition) is 2. The summed E-state index contributed by atoms with van der Waals surface area (Å²) in [6.45, 7) is 1.77. The lowest BCUT2D eigenvalue weighted by molar-refractivity contribution is -0.137. The van der Waals surface area contributed by atoms with Crippen molar-refractivity contribution in [1.82, 2.24) is 9.62 Å². The summed E-state index contributed by atoms with van der Waals surface area (Å²) in [5.41, 5.74) is 0. The van der Waals surface area contributed by atoms with Gasteiger partial charge in [-0.25, -0.2) is 12.7 Å². The first kappa shape index (κ1) is 15.4. The Morgan fingerprint density at radius 1 is 1.39 bits per heavy atom. The molecule has 0 saturated carbocycles. The summed E-state index contributed by atoms with van der Waals surface area (Å²) in [6.07, 6.45) is 2.72. The van der Waals surface area contributed by atoms with Crippen molar-refractivity contribution in [3.8, 4) is 0 Å². The Kier molecular flexibility index (Phi) is 6.04. The fourth-order valence-corrected chi connectivity index (χ4v) is 3.60. The topological polar surface area (TPSA) is 86.7 Å². The molecule has 1 fully saturated rings. The second-order valence-electron chi connectivity index (χ2n) is 4.66. The molecule has 1 heterocycles. The maximum atomic E-state index is 12.0. The van der Waals surface area contributed by atoms with Crippen LogP contribution < -0.4 is 5.32 Å². The normalized spacial score (nSPS) is 21.8. The molecule has 0 aromatic rings. The van der Waals surface area contributed by atoms with Crippen molar-refractivity contribution < 1.29 is 18.3 Å². The number of nitrogens with one attached hydrogen (secondary N) is 1. The zero-order valence-corrected chi connectivity index (χ0v) is 11.6. The molecular weight excluding hydrogens is 256 g/mol. The number of carboxylic acid groups (broad SMARTS) is 1. The Morgan fingerprint density at radius 2 is 2.11 bits per heavy atom. The van der Waals surface area contributed by atoms with E-state index in [4.69, 9.17) is 5.11 Å². The summed E-state index contributed by atoms with van der Waals surface area (Å²) in [7, 11) is -1.73. The molecule has 0 amide bonds. The molecule has 7 heteroatoms. The molecule has 0 bridgehead atoms. The van der Waals surface area contributed by atoms with Gasteiger partial charge in [-0.2, -0.15) is 0 Å². The Bertz CT molecular complexity index is 361. The van der Waals surface area contributed by atoms with Gasteiger partial charge < -0.3 is 10.4 Å². The highest BCUT2D eigenvalue weighted by molar-refractivity contribution is 7.89. The van der Waals surface area contributed by atoms with Gasteiger partial charge in [0.05, 0.1) is 5.75 Å². The van der Waals surface area contributed by atoms with Gasteiger partial charge >= 0.3 is 5.97 Å². The summed E-state index contributed by atoms with van der Waals surface area (Å²) in [5.74, 6) is -1.04. The van der Waals surface area contributed by atoms with Crippen molar-refractivity contribution in [2.24, 2.45) is 0 Å². The van der Waals surface area contributed by atoms with Gasteiger partial charge in [0.15, 0.2) is 0 Å². The smallest absolute Gasteiger partial charge is 0.303 e. The standard InChI is InChI=1S/C11H22N2O4S/c1-13(10-4-2-7-12-8-6-10)18(16,17)9-3-5-11(14)15/h10,12H,2-9H2,1H3,(H,14,15). The van der Waals surface area contributed by atoms with E-state index in [0.717, 1.165) is 32.4 Å². The number of hydrogen-bond acceptors (Lipinski definition) is 4. The van der Waals surface area contributed by atoms with Crippen molar-refractivity contribution in [3.63, 3.8) is 0 Å². The van der Waals surface area contributed by atoms with E-state index in [9.17, 15) is 13.2 Å². The third-order valence-electron chi connectivity index (χ3n) is 3.29. The van der Waals surface area contributed by atoms with Crippen LogP contribution in [0.4, 0.5) is 0 Å². The summed E-state index contributed by atoms with van der Waals surface area (Å²) in [5, 5.41) is 11.8. The molecule has 0 aromatic heterocycles. The van der Waals surface area contributed by atoms with Crippen LogP contribution >= 0.6 is 0 Å². The maximum Gasteiger partial charge on any atom is 0.303 e. The van der Waals surface area contributed by atoms with Gasteiger partial charge in [-0.3, -0.25) is 4.79 Å². The monoisotopic (exact) mass is 278 g/mol. The Morgan fingerprint density at radius 3 is 2.78 bits per heavy atom. The molecular formula is C11H22N2O4S. The van der Waals surface area contributed by atoms with Crippen molar-refractivity contribution >= 4 is 16.0 Å². The number of sulfonamides is 1. The third kappa shape index (κ3) is 4.91. The summed E-state index contributed by atoms with van der Waals surface area (Å²) >= 11 is 0. The fourth-order valence-electron chi connectivity index (χ4n) is 2.14. The van der Waals surface area contributed by atoms with Crippen molar-refractivity contribution in [2.45, 2.75) is 38.1 Å². The zero-order chi connectivity index (χ0) is 13.6. The molecule has 0 spiro atoms. The minimum atomic E-state index is -3.33. The lowest BCUT2D eigenvalue weighted by Crippen LogP contribution is -2.39. The van der Waals surface area contributed by atoms with Crippen LogP contribution in [0.3, 0.4) is 0 Å². The third-order valence-corrected chi connectivity index (χ3v) is 5.27. The first-order chi connectivity index (χ1) is 8.43. The SMILES string of the molecule is CN(C1CCCNCC1)S(=O)(=O)CCCC(=O)O. The van der Waals surface area contributed by atoms with E-state index >= 15 is 0 Å². The van der Waals surface area contributed by atoms with Crippen LogP contribution in [0.1, 0.15) is 32.1 Å². The van der Waals surface area contributed by atoms with Crippen LogP contribution in [0.15, 0.2) is 0 Å². The van der Waals surface area contributed by atoms with Crippen molar-refractivity contribution in [1.29, 1.82) is 0 Å². The molecule has 18 heavy (non-hydrogen) atoms. The van der Waals surface area contributed by atoms with E-state index in [1.54, 1.807) is 7.05 Å². The molecule has 1 unspecified atom stereocenters. The van der Waals surface area contributed by atoms with Crippen molar-refractivity contribution in [2.75, 3.05) is 25.9 Å². The molecule has 0 radical (unpaired) electrons. The number of nitrogens with zero attached hydrogens (tertiary/aromatic N) is 1. The number of carboxylic acids is 1. The minimum absolute atomic E-state index is 0.0369. The van der Waals surface area contributed by atoms with Gasteiger partial charge in [-0.1, -0.05) is 0 Å². The molecule has 1 saturated heterocycles. The van der Waals surface area contributed by atoms with Crippen LogP contribution in [0.5, 0.6) is 0 Å². The zero-order valence-electron chi connectivity index (χ0n) is 10.8. The molecule has 0 aliphatic carbocycles. The minimum Gasteiger partial charge on any atom is -0.481 e. The average Bonchev–Trinajstić information content (AvgIpc) is 2.55. The van der Waals surface area contributed by atoms with Gasteiger partial charge in [0.2, 0.25) is 10.0 Å². The van der Waals surface area contributed by atoms with Crippen LogP contribution in [0.2, 0.25) is 0 Å². The van der Waals surface area contributed by atoms with Gasteiger partial charge in [0.25, 0.3) is 0 Å². The van der Waals surface area contributed by atoms with Crippen molar-refractivity contribution in [3.05, 3.63) is 0 Å². The quantitative estimate of drug-likeness (QED) is 0.727. The molecule has 1 aliphatic heterocycles. The predicted octanol–water partition coefficient (Wildman–Crippen LogP) is 0.255. The Hall–Kier alpha value is -0.660. The molecule has 1 atom stereocenters. The van der Waals surface area contributed by atoms with Crippen LogP contribution in [-0.2, 0) is 14.8 Å². The van der Waals surface area contributed by atoms with E-state index in [1.165, 1.54) is 4.31 Å². The van der Waals surface area contributed by atoms with Gasteiger partial charge in [-0.05, 0) is 38.8 Å². The van der Waals surface area contributed by atoms with E-state index in [1.807, 2.05) is 0 Å². The van der Waals surface area contributed by atoms with Crippen LogP contribution in [0.25, 0.3) is 0 Å². The van der Waals surface area contributed by atoms with E-state index in [0.29, 0.717) is 0 Å². The number of aliphatic carboxylic acids is 1. The Labute approximate surface area is 108 Å². The lowest BCUT2D eigenvalue weighted by Gasteiger charge is -2.26. The fraction of sp³-hybridized carbons (Fsp3) is 0.909. The number of carbonyl (C=O) groups is 1. The first-order valence-corrected chi connectivity index (χ1v) is 7.92. The molecule has 1 rings (SSSR count). The number of rotatable bonds is 6. The molecule has 6 nitrogen and oxygen atoms in total. The van der Waals surface area contributed by atoms with Crippen LogP contribution in [-0.4, -0.2) is 55.7 Å². The highest BCUT2D eigenvalue weighted by atomic mass is 32.2. The average molecular weight is 278 g/mol. The molecule has 2 N–H and O–H groups in total.